The molecule has 0 saturated carbocycles. The first kappa shape index (κ1) is 29.1. The van der Waals surface area contributed by atoms with Gasteiger partial charge in [0.05, 0.1) is 34.8 Å². The smallest absolute Gasteiger partial charge is 0.306 e. The largest absolute Gasteiger partial charge is 0.417 e. The third-order valence-electron chi connectivity index (χ3n) is 6.11. The molecule has 0 spiro atoms. The van der Waals surface area contributed by atoms with Crippen molar-refractivity contribution in [2.24, 2.45) is 10.5 Å². The summed E-state index contributed by atoms with van der Waals surface area (Å²) in [4.78, 5) is 13.1. The zero-order valence-electron chi connectivity index (χ0n) is 20.8. The van der Waals surface area contributed by atoms with Gasteiger partial charge in [-0.3, -0.25) is 4.31 Å². The maximum absolute atomic E-state index is 13.2. The number of benzene rings is 2. The van der Waals surface area contributed by atoms with Crippen LogP contribution in [0.4, 0.5) is 29.3 Å². The number of halogens is 4. The van der Waals surface area contributed by atoms with E-state index in [0.29, 0.717) is 29.1 Å². The molecule has 0 fully saturated rings. The van der Waals surface area contributed by atoms with Crippen molar-refractivity contribution in [1.29, 1.82) is 0 Å². The maximum Gasteiger partial charge on any atom is 0.417 e. The highest BCUT2D eigenvalue weighted by molar-refractivity contribution is 7.98. The quantitative estimate of drug-likeness (QED) is 0.382. The number of anilines is 2. The van der Waals surface area contributed by atoms with Gasteiger partial charge in [0.1, 0.15) is 0 Å². The molecular formula is C24H28ClF3N4O3S2. The minimum Gasteiger partial charge on any atom is -0.306 e. The lowest BCUT2D eigenvalue weighted by Gasteiger charge is -2.26. The van der Waals surface area contributed by atoms with E-state index >= 15 is 0 Å². The van der Waals surface area contributed by atoms with Crippen molar-refractivity contribution in [2.75, 3.05) is 41.5 Å². The lowest BCUT2D eigenvalue weighted by atomic mass is 9.78. The minimum atomic E-state index is -4.58. The van der Waals surface area contributed by atoms with Crippen molar-refractivity contribution in [2.45, 2.75) is 25.9 Å². The van der Waals surface area contributed by atoms with Crippen molar-refractivity contribution in [3.63, 3.8) is 0 Å². The number of nitrogens with one attached hydrogen (secondary N) is 1. The Balaban J connectivity index is 1.91. The van der Waals surface area contributed by atoms with Crippen LogP contribution in [0.2, 0.25) is 5.02 Å². The summed E-state index contributed by atoms with van der Waals surface area (Å²) in [7, 11) is -2.09. The lowest BCUT2D eigenvalue weighted by Crippen LogP contribution is -2.36. The predicted octanol–water partition coefficient (Wildman–Crippen LogP) is 6.16. The fourth-order valence-electron chi connectivity index (χ4n) is 4.06. The van der Waals surface area contributed by atoms with Crippen LogP contribution in [0.3, 0.4) is 0 Å². The number of rotatable bonds is 8. The third kappa shape index (κ3) is 6.91. The number of urea groups is 1. The number of carbonyl (C=O) groups is 1. The molecule has 13 heteroatoms. The van der Waals surface area contributed by atoms with Gasteiger partial charge >= 0.3 is 12.2 Å². The molecule has 1 unspecified atom stereocenters. The number of nitrogens with zero attached hydrogens (tertiary/aromatic N) is 3. The predicted molar refractivity (Wildman–Crippen MR) is 144 cm³/mol. The summed E-state index contributed by atoms with van der Waals surface area (Å²) in [6.07, 6.45) is -0.0503. The molecule has 0 aliphatic carbocycles. The monoisotopic (exact) mass is 576 g/mol. The average Bonchev–Trinajstić information content (AvgIpc) is 3.15. The number of hydrogen-bond acceptors (Lipinski definition) is 5. The van der Waals surface area contributed by atoms with Gasteiger partial charge in [0.2, 0.25) is 10.0 Å². The molecule has 1 heterocycles. The second kappa shape index (κ2) is 11.1. The van der Waals surface area contributed by atoms with Gasteiger partial charge in [-0.05, 0) is 60.7 Å². The normalized spacial score (nSPS) is 18.1. The average molecular weight is 577 g/mol. The first-order valence-electron chi connectivity index (χ1n) is 11.2. The molecule has 1 aliphatic heterocycles. The van der Waals surface area contributed by atoms with E-state index in [9.17, 15) is 26.4 Å². The Kier molecular flexibility index (Phi) is 8.75. The molecule has 0 aromatic heterocycles. The molecule has 202 valence electrons. The standard InChI is InChI=1S/C24H28ClF3N4O3S2/c1-23(11-6-12-36-3)15-32(30-21(23)16-9-10-19(20(25)13-16)24(26,27)28)22(33)29-17-7-5-8-18(14-17)31(2)37(4,34)35/h5,7-10,13-14H,6,11-12,15H2,1-4H3,(H,29,33). The van der Waals surface area contributed by atoms with Crippen molar-refractivity contribution in [3.05, 3.63) is 58.6 Å². The number of hydrogen-bond donors (Lipinski definition) is 1. The van der Waals surface area contributed by atoms with Crippen LogP contribution in [0.15, 0.2) is 47.6 Å². The van der Waals surface area contributed by atoms with E-state index in [4.69, 9.17) is 11.6 Å². The van der Waals surface area contributed by atoms with E-state index in [-0.39, 0.29) is 6.54 Å². The van der Waals surface area contributed by atoms with Gasteiger partial charge in [0, 0.05) is 18.2 Å². The molecule has 2 aromatic rings. The fraction of sp³-hybridized carbons (Fsp3) is 0.417. The topological polar surface area (TPSA) is 82.1 Å². The van der Waals surface area contributed by atoms with Crippen LogP contribution in [0.5, 0.6) is 0 Å². The van der Waals surface area contributed by atoms with Gasteiger partial charge < -0.3 is 5.32 Å². The number of hydrazone groups is 1. The van der Waals surface area contributed by atoms with Crippen molar-refractivity contribution in [1.82, 2.24) is 5.01 Å². The molecular weight excluding hydrogens is 549 g/mol. The molecule has 2 aromatic carbocycles. The van der Waals surface area contributed by atoms with Crippen LogP contribution in [-0.4, -0.2) is 57.0 Å². The highest BCUT2D eigenvalue weighted by Gasteiger charge is 2.42. The summed E-state index contributed by atoms with van der Waals surface area (Å²) in [6, 6.07) is 9.28. The van der Waals surface area contributed by atoms with Gasteiger partial charge in [-0.2, -0.15) is 30.0 Å². The Labute approximate surface area is 224 Å². The summed E-state index contributed by atoms with van der Waals surface area (Å²) in [5.74, 6) is 0.878. The highest BCUT2D eigenvalue weighted by atomic mass is 35.5. The minimum absolute atomic E-state index is 0.212. The summed E-state index contributed by atoms with van der Waals surface area (Å²) in [5, 5.41) is 8.04. The molecule has 2 amide bonds. The Morgan fingerprint density at radius 1 is 1.27 bits per heavy atom. The molecule has 0 saturated heterocycles. The van der Waals surface area contributed by atoms with Gasteiger partial charge in [0.25, 0.3) is 0 Å². The second-order valence-electron chi connectivity index (χ2n) is 9.07. The van der Waals surface area contributed by atoms with Crippen LogP contribution in [0, 0.1) is 5.41 Å². The van der Waals surface area contributed by atoms with Crippen molar-refractivity contribution in [3.8, 4) is 0 Å². The number of amides is 2. The van der Waals surface area contributed by atoms with Crippen LogP contribution in [0.1, 0.15) is 30.9 Å². The molecule has 0 bridgehead atoms. The molecule has 1 atom stereocenters. The van der Waals surface area contributed by atoms with E-state index in [0.717, 1.165) is 28.8 Å². The third-order valence-corrected chi connectivity index (χ3v) is 8.32. The summed E-state index contributed by atoms with van der Waals surface area (Å²) < 4.78 is 64.5. The molecule has 7 nitrogen and oxygen atoms in total. The van der Waals surface area contributed by atoms with Crippen molar-refractivity contribution < 1.29 is 26.4 Å². The Bertz CT molecular complexity index is 1300. The Morgan fingerprint density at radius 3 is 2.57 bits per heavy atom. The van der Waals surface area contributed by atoms with E-state index in [2.05, 4.69) is 10.4 Å². The fourth-order valence-corrected chi connectivity index (χ4v) is 5.28. The highest BCUT2D eigenvalue weighted by Crippen LogP contribution is 2.39. The van der Waals surface area contributed by atoms with Crippen LogP contribution in [-0.2, 0) is 16.2 Å². The number of thioether (sulfide) groups is 1. The van der Waals surface area contributed by atoms with Gasteiger partial charge in [-0.25, -0.2) is 18.2 Å². The van der Waals surface area contributed by atoms with Gasteiger partial charge in [-0.15, -0.1) is 0 Å². The van der Waals surface area contributed by atoms with Crippen LogP contribution >= 0.6 is 23.4 Å². The Hall–Kier alpha value is -2.44. The number of alkyl halides is 3. The molecule has 1 aliphatic rings. The van der Waals surface area contributed by atoms with Crippen molar-refractivity contribution >= 4 is 56.5 Å². The summed E-state index contributed by atoms with van der Waals surface area (Å²) in [5.41, 5.74) is 0.0699. The zero-order chi connectivity index (χ0) is 27.6. The van der Waals surface area contributed by atoms with E-state index < -0.39 is 38.2 Å². The van der Waals surface area contributed by atoms with E-state index in [1.54, 1.807) is 30.0 Å². The summed E-state index contributed by atoms with van der Waals surface area (Å²) >= 11 is 7.65. The maximum atomic E-state index is 13.2. The van der Waals surface area contributed by atoms with E-state index in [1.165, 1.54) is 30.3 Å². The SMILES string of the molecule is CSCCCC1(C)CN(C(=O)Nc2cccc(N(C)S(C)(=O)=O)c2)N=C1c1ccc(C(F)(F)F)c(Cl)c1. The number of carbonyl (C=O) groups excluding carboxylic acids is 1. The Morgan fingerprint density at radius 2 is 1.97 bits per heavy atom. The van der Waals surface area contributed by atoms with Crippen LogP contribution in [0.25, 0.3) is 0 Å². The van der Waals surface area contributed by atoms with Gasteiger partial charge in [0.15, 0.2) is 0 Å². The first-order valence-corrected chi connectivity index (χ1v) is 14.9. The molecule has 3 rings (SSSR count). The van der Waals surface area contributed by atoms with Gasteiger partial charge in [-0.1, -0.05) is 30.7 Å². The molecule has 1 N–H and O–H groups in total. The first-order chi connectivity index (χ1) is 17.2. The molecule has 37 heavy (non-hydrogen) atoms. The van der Waals surface area contributed by atoms with E-state index in [1.807, 2.05) is 13.2 Å². The lowest BCUT2D eigenvalue weighted by molar-refractivity contribution is -0.137. The number of sulfonamides is 1. The second-order valence-corrected chi connectivity index (χ2v) is 12.5. The zero-order valence-corrected chi connectivity index (χ0v) is 23.2. The molecule has 0 radical (unpaired) electrons. The van der Waals surface area contributed by atoms with Crippen LogP contribution < -0.4 is 9.62 Å². The summed E-state index contributed by atoms with van der Waals surface area (Å²) in [6.45, 7) is 2.14.